The molecule has 0 unspecified atom stereocenters. The van der Waals surface area contributed by atoms with Crippen LogP contribution >= 0.6 is 22.9 Å². The van der Waals surface area contributed by atoms with Gasteiger partial charge in [-0.2, -0.15) is 0 Å². The van der Waals surface area contributed by atoms with Crippen LogP contribution in [0.4, 0.5) is 5.13 Å². The van der Waals surface area contributed by atoms with E-state index in [1.807, 2.05) is 26.0 Å². The SMILES string of the molecule is COCCN(C(=O)c1ccccc1Cl)c1nnc(-c2cc(C)c(OC)c(C)c2)s1. The molecule has 0 bridgehead atoms. The molecule has 0 N–H and O–H groups in total. The molecule has 0 aliphatic carbocycles. The predicted octanol–water partition coefficient (Wildman–Crippen LogP) is 4.78. The summed E-state index contributed by atoms with van der Waals surface area (Å²) in [5.74, 6) is 0.617. The lowest BCUT2D eigenvalue weighted by atomic mass is 10.1. The number of carbonyl (C=O) groups excluding carboxylic acids is 1. The van der Waals surface area contributed by atoms with E-state index in [0.29, 0.717) is 28.9 Å². The highest BCUT2D eigenvalue weighted by atomic mass is 35.5. The Balaban J connectivity index is 1.96. The zero-order valence-corrected chi connectivity index (χ0v) is 18.3. The molecule has 8 heteroatoms. The molecule has 3 aromatic rings. The van der Waals surface area contributed by atoms with Gasteiger partial charge in [-0.1, -0.05) is 35.1 Å². The van der Waals surface area contributed by atoms with Crippen molar-refractivity contribution in [2.24, 2.45) is 0 Å². The molecule has 0 aliphatic rings. The van der Waals surface area contributed by atoms with Gasteiger partial charge in [-0.15, -0.1) is 10.2 Å². The third-order valence-electron chi connectivity index (χ3n) is 4.43. The van der Waals surface area contributed by atoms with Crippen molar-refractivity contribution in [3.8, 4) is 16.3 Å². The number of methoxy groups -OCH3 is 2. The van der Waals surface area contributed by atoms with Gasteiger partial charge in [-0.25, -0.2) is 0 Å². The van der Waals surface area contributed by atoms with Crippen LogP contribution in [0.3, 0.4) is 0 Å². The van der Waals surface area contributed by atoms with E-state index in [1.165, 1.54) is 11.3 Å². The van der Waals surface area contributed by atoms with Gasteiger partial charge in [0.2, 0.25) is 5.13 Å². The Kier molecular flexibility index (Phi) is 6.84. The lowest BCUT2D eigenvalue weighted by molar-refractivity contribution is 0.0976. The van der Waals surface area contributed by atoms with E-state index < -0.39 is 0 Å². The number of hydrogen-bond acceptors (Lipinski definition) is 6. The molecule has 0 atom stereocenters. The maximum atomic E-state index is 13.1. The maximum Gasteiger partial charge on any atom is 0.261 e. The Hall–Kier alpha value is -2.48. The second kappa shape index (κ2) is 9.35. The van der Waals surface area contributed by atoms with Crippen LogP contribution in [0.2, 0.25) is 5.02 Å². The summed E-state index contributed by atoms with van der Waals surface area (Å²) >= 11 is 7.57. The van der Waals surface area contributed by atoms with Crippen LogP contribution in [0.5, 0.6) is 5.75 Å². The van der Waals surface area contributed by atoms with Crippen LogP contribution in [-0.4, -0.2) is 43.5 Å². The van der Waals surface area contributed by atoms with Gasteiger partial charge in [0, 0.05) is 12.7 Å². The fourth-order valence-electron chi connectivity index (χ4n) is 3.08. The third-order valence-corrected chi connectivity index (χ3v) is 5.75. The van der Waals surface area contributed by atoms with Crippen molar-refractivity contribution in [1.82, 2.24) is 10.2 Å². The number of amides is 1. The standard InChI is InChI=1S/C21H22ClN3O3S/c1-13-11-15(12-14(2)18(13)28-4)19-23-24-21(29-19)25(9-10-27-3)20(26)16-7-5-6-8-17(16)22/h5-8,11-12H,9-10H2,1-4H3. The molecule has 29 heavy (non-hydrogen) atoms. The highest BCUT2D eigenvalue weighted by Crippen LogP contribution is 2.34. The molecule has 0 saturated carbocycles. The molecule has 6 nitrogen and oxygen atoms in total. The highest BCUT2D eigenvalue weighted by Gasteiger charge is 2.23. The van der Waals surface area contributed by atoms with Crippen molar-refractivity contribution >= 4 is 34.0 Å². The van der Waals surface area contributed by atoms with Crippen LogP contribution in [0.25, 0.3) is 10.6 Å². The van der Waals surface area contributed by atoms with Gasteiger partial charge in [0.1, 0.15) is 10.8 Å². The first-order valence-electron chi connectivity index (χ1n) is 9.00. The van der Waals surface area contributed by atoms with Crippen molar-refractivity contribution < 1.29 is 14.3 Å². The molecule has 1 amide bonds. The van der Waals surface area contributed by atoms with Crippen LogP contribution in [0, 0.1) is 13.8 Å². The van der Waals surface area contributed by atoms with Crippen LogP contribution in [0.1, 0.15) is 21.5 Å². The molecular weight excluding hydrogens is 410 g/mol. The van der Waals surface area contributed by atoms with Crippen molar-refractivity contribution in [2.45, 2.75) is 13.8 Å². The first-order chi connectivity index (χ1) is 14.0. The van der Waals surface area contributed by atoms with E-state index in [1.54, 1.807) is 43.4 Å². The number of aryl methyl sites for hydroxylation is 2. The molecule has 152 valence electrons. The summed E-state index contributed by atoms with van der Waals surface area (Å²) in [7, 11) is 3.25. The molecule has 1 aromatic heterocycles. The van der Waals surface area contributed by atoms with Gasteiger partial charge in [0.05, 0.1) is 30.8 Å². The third kappa shape index (κ3) is 4.58. The zero-order valence-electron chi connectivity index (χ0n) is 16.7. The predicted molar refractivity (Wildman–Crippen MR) is 116 cm³/mol. The van der Waals surface area contributed by atoms with Gasteiger partial charge in [0.25, 0.3) is 5.91 Å². The van der Waals surface area contributed by atoms with E-state index in [2.05, 4.69) is 10.2 Å². The first-order valence-corrected chi connectivity index (χ1v) is 10.2. The van der Waals surface area contributed by atoms with Crippen molar-refractivity contribution in [2.75, 3.05) is 32.3 Å². The van der Waals surface area contributed by atoms with Crippen LogP contribution in [0.15, 0.2) is 36.4 Å². The minimum Gasteiger partial charge on any atom is -0.496 e. The monoisotopic (exact) mass is 431 g/mol. The maximum absolute atomic E-state index is 13.1. The Morgan fingerprint density at radius 2 is 1.83 bits per heavy atom. The van der Waals surface area contributed by atoms with Crippen LogP contribution < -0.4 is 9.64 Å². The number of rotatable bonds is 7. The fourth-order valence-corrected chi connectivity index (χ4v) is 4.16. The van der Waals surface area contributed by atoms with E-state index in [0.717, 1.165) is 27.4 Å². The number of carbonyl (C=O) groups is 1. The number of anilines is 1. The minimum absolute atomic E-state index is 0.238. The Morgan fingerprint density at radius 1 is 1.14 bits per heavy atom. The van der Waals surface area contributed by atoms with Gasteiger partial charge >= 0.3 is 0 Å². The topological polar surface area (TPSA) is 64.5 Å². The van der Waals surface area contributed by atoms with Crippen molar-refractivity contribution in [3.05, 3.63) is 58.1 Å². The molecule has 0 aliphatic heterocycles. The number of ether oxygens (including phenoxy) is 2. The lowest BCUT2D eigenvalue weighted by Crippen LogP contribution is -2.34. The largest absolute Gasteiger partial charge is 0.496 e. The summed E-state index contributed by atoms with van der Waals surface area (Å²) in [6.07, 6.45) is 0. The van der Waals surface area contributed by atoms with Gasteiger partial charge in [-0.3, -0.25) is 9.69 Å². The van der Waals surface area contributed by atoms with Gasteiger partial charge in [-0.05, 0) is 49.2 Å². The molecular formula is C21H22ClN3O3S. The number of halogens is 1. The first kappa shape index (κ1) is 21.2. The Morgan fingerprint density at radius 3 is 2.45 bits per heavy atom. The molecule has 0 saturated heterocycles. The molecule has 3 rings (SSSR count). The quantitative estimate of drug-likeness (QED) is 0.538. The van der Waals surface area contributed by atoms with Crippen molar-refractivity contribution in [1.29, 1.82) is 0 Å². The molecule has 2 aromatic carbocycles. The van der Waals surface area contributed by atoms with Crippen molar-refractivity contribution in [3.63, 3.8) is 0 Å². The number of nitrogens with zero attached hydrogens (tertiary/aromatic N) is 3. The summed E-state index contributed by atoms with van der Waals surface area (Å²) < 4.78 is 10.6. The summed E-state index contributed by atoms with van der Waals surface area (Å²) in [5.41, 5.74) is 3.38. The Labute approximate surface area is 179 Å². The molecule has 1 heterocycles. The van der Waals surface area contributed by atoms with E-state index in [-0.39, 0.29) is 5.91 Å². The summed E-state index contributed by atoms with van der Waals surface area (Å²) in [5, 5.41) is 10.2. The molecule has 0 spiro atoms. The highest BCUT2D eigenvalue weighted by molar-refractivity contribution is 7.18. The smallest absolute Gasteiger partial charge is 0.261 e. The number of benzene rings is 2. The minimum atomic E-state index is -0.238. The summed E-state index contributed by atoms with van der Waals surface area (Å²) in [6.45, 7) is 4.69. The second-order valence-corrected chi connectivity index (χ2v) is 7.83. The molecule has 0 fully saturated rings. The van der Waals surface area contributed by atoms with E-state index in [9.17, 15) is 4.79 Å². The second-order valence-electron chi connectivity index (χ2n) is 6.46. The van der Waals surface area contributed by atoms with E-state index >= 15 is 0 Å². The zero-order chi connectivity index (χ0) is 21.0. The van der Waals surface area contributed by atoms with Crippen LogP contribution in [-0.2, 0) is 4.74 Å². The average molecular weight is 432 g/mol. The average Bonchev–Trinajstić information content (AvgIpc) is 3.18. The number of aromatic nitrogens is 2. The van der Waals surface area contributed by atoms with E-state index in [4.69, 9.17) is 21.1 Å². The summed E-state index contributed by atoms with van der Waals surface area (Å²) in [4.78, 5) is 14.7. The normalized spacial score (nSPS) is 10.8. The van der Waals surface area contributed by atoms with Gasteiger partial charge < -0.3 is 9.47 Å². The van der Waals surface area contributed by atoms with Gasteiger partial charge in [0.15, 0.2) is 0 Å². The Bertz CT molecular complexity index is 999. The molecule has 0 radical (unpaired) electrons. The lowest BCUT2D eigenvalue weighted by Gasteiger charge is -2.19. The fraction of sp³-hybridized carbons (Fsp3) is 0.286. The number of hydrogen-bond donors (Lipinski definition) is 0. The summed E-state index contributed by atoms with van der Waals surface area (Å²) in [6, 6.07) is 11.0.